The van der Waals surface area contributed by atoms with Gasteiger partial charge in [0.25, 0.3) is 0 Å². The van der Waals surface area contributed by atoms with Gasteiger partial charge in [-0.05, 0) is 26.8 Å². The summed E-state index contributed by atoms with van der Waals surface area (Å²) in [6.07, 6.45) is 12.0. The summed E-state index contributed by atoms with van der Waals surface area (Å²) in [4.78, 5) is 11.3. The van der Waals surface area contributed by atoms with Gasteiger partial charge in [0.1, 0.15) is 5.82 Å². The highest BCUT2D eigenvalue weighted by Crippen LogP contribution is 2.21. The molecular weight excluding hydrogens is 236 g/mol. The van der Waals surface area contributed by atoms with Crippen molar-refractivity contribution in [2.75, 3.05) is 18.9 Å². The van der Waals surface area contributed by atoms with Crippen molar-refractivity contribution < 1.29 is 0 Å². The quantitative estimate of drug-likeness (QED) is 0.828. The summed E-state index contributed by atoms with van der Waals surface area (Å²) < 4.78 is 0. The maximum Gasteiger partial charge on any atom is 0.144 e. The lowest BCUT2D eigenvalue weighted by atomic mass is 10.1. The Kier molecular flexibility index (Phi) is 5.58. The van der Waals surface area contributed by atoms with Crippen LogP contribution < -0.4 is 5.32 Å². The highest BCUT2D eigenvalue weighted by atomic mass is 15.1. The number of nitrogens with zero attached hydrogens (tertiary/aromatic N) is 3. The second-order valence-corrected chi connectivity index (χ2v) is 5.48. The van der Waals surface area contributed by atoms with Gasteiger partial charge in [-0.25, -0.2) is 4.98 Å². The highest BCUT2D eigenvalue weighted by Gasteiger charge is 2.17. The number of nitrogens with one attached hydrogen (secondary N) is 1. The SMILES string of the molecule is CCNc1cnc(CN(C)C2CCCCCC2)cn1. The Hall–Kier alpha value is -1.16. The zero-order chi connectivity index (χ0) is 13.5. The Labute approximate surface area is 116 Å². The van der Waals surface area contributed by atoms with Gasteiger partial charge in [0.05, 0.1) is 18.1 Å². The van der Waals surface area contributed by atoms with Crippen LogP contribution in [0.15, 0.2) is 12.4 Å². The minimum absolute atomic E-state index is 0.720. The van der Waals surface area contributed by atoms with Gasteiger partial charge < -0.3 is 5.32 Å². The smallest absolute Gasteiger partial charge is 0.144 e. The second-order valence-electron chi connectivity index (χ2n) is 5.48. The lowest BCUT2D eigenvalue weighted by Gasteiger charge is -2.26. The molecule has 0 aromatic carbocycles. The van der Waals surface area contributed by atoms with E-state index >= 15 is 0 Å². The number of hydrogen-bond acceptors (Lipinski definition) is 4. The van der Waals surface area contributed by atoms with Crippen LogP contribution in [0.5, 0.6) is 0 Å². The van der Waals surface area contributed by atoms with E-state index in [0.717, 1.165) is 30.6 Å². The van der Waals surface area contributed by atoms with Crippen molar-refractivity contribution in [3.05, 3.63) is 18.1 Å². The number of rotatable bonds is 5. The van der Waals surface area contributed by atoms with Gasteiger partial charge in [0, 0.05) is 19.1 Å². The van der Waals surface area contributed by atoms with Crippen molar-refractivity contribution in [3.63, 3.8) is 0 Å². The first-order valence-electron chi connectivity index (χ1n) is 7.54. The van der Waals surface area contributed by atoms with Crippen molar-refractivity contribution in [2.45, 2.75) is 58.0 Å². The lowest BCUT2D eigenvalue weighted by molar-refractivity contribution is 0.210. The van der Waals surface area contributed by atoms with Crippen LogP contribution in [0.1, 0.15) is 51.1 Å². The summed E-state index contributed by atoms with van der Waals surface area (Å²) in [5, 5.41) is 3.17. The first-order chi connectivity index (χ1) is 9.29. The largest absolute Gasteiger partial charge is 0.369 e. The molecule has 0 amide bonds. The molecular formula is C15H26N4. The van der Waals surface area contributed by atoms with E-state index in [9.17, 15) is 0 Å². The fraction of sp³-hybridized carbons (Fsp3) is 0.733. The van der Waals surface area contributed by atoms with Gasteiger partial charge in [0.15, 0.2) is 0 Å². The monoisotopic (exact) mass is 262 g/mol. The predicted octanol–water partition coefficient (Wildman–Crippen LogP) is 3.06. The minimum atomic E-state index is 0.720. The Bertz CT molecular complexity index is 355. The van der Waals surface area contributed by atoms with Crippen LogP contribution in [0.3, 0.4) is 0 Å². The zero-order valence-electron chi connectivity index (χ0n) is 12.2. The fourth-order valence-electron chi connectivity index (χ4n) is 2.79. The van der Waals surface area contributed by atoms with Crippen LogP contribution in [0.4, 0.5) is 5.82 Å². The van der Waals surface area contributed by atoms with Crippen molar-refractivity contribution >= 4 is 5.82 Å². The molecule has 1 aliphatic carbocycles. The van der Waals surface area contributed by atoms with Gasteiger partial charge in [-0.2, -0.15) is 0 Å². The second kappa shape index (κ2) is 7.43. The number of anilines is 1. The molecule has 0 aliphatic heterocycles. The van der Waals surface area contributed by atoms with Crippen LogP contribution in [0.2, 0.25) is 0 Å². The summed E-state index contributed by atoms with van der Waals surface area (Å²) in [5.41, 5.74) is 1.06. The molecule has 0 unspecified atom stereocenters. The van der Waals surface area contributed by atoms with E-state index in [0.29, 0.717) is 0 Å². The van der Waals surface area contributed by atoms with Crippen LogP contribution in [0.25, 0.3) is 0 Å². The van der Waals surface area contributed by atoms with Gasteiger partial charge >= 0.3 is 0 Å². The topological polar surface area (TPSA) is 41.1 Å². The first kappa shape index (κ1) is 14.3. The molecule has 1 saturated carbocycles. The first-order valence-corrected chi connectivity index (χ1v) is 7.54. The third-order valence-corrected chi connectivity index (χ3v) is 3.92. The van der Waals surface area contributed by atoms with E-state index in [4.69, 9.17) is 0 Å². The van der Waals surface area contributed by atoms with E-state index in [1.165, 1.54) is 38.5 Å². The molecule has 1 aromatic rings. The van der Waals surface area contributed by atoms with Crippen molar-refractivity contribution in [3.8, 4) is 0 Å². The van der Waals surface area contributed by atoms with Crippen LogP contribution in [-0.2, 0) is 6.54 Å². The van der Waals surface area contributed by atoms with Crippen LogP contribution >= 0.6 is 0 Å². The summed E-state index contributed by atoms with van der Waals surface area (Å²) in [7, 11) is 2.22. The van der Waals surface area contributed by atoms with E-state index < -0.39 is 0 Å². The molecule has 1 N–H and O–H groups in total. The van der Waals surface area contributed by atoms with Gasteiger partial charge in [-0.3, -0.25) is 9.88 Å². The molecule has 19 heavy (non-hydrogen) atoms. The molecule has 0 bridgehead atoms. The Morgan fingerprint density at radius 2 is 1.89 bits per heavy atom. The van der Waals surface area contributed by atoms with Crippen molar-refractivity contribution in [2.24, 2.45) is 0 Å². The van der Waals surface area contributed by atoms with E-state index in [1.54, 1.807) is 0 Å². The normalized spacial score (nSPS) is 17.4. The van der Waals surface area contributed by atoms with Gasteiger partial charge in [-0.1, -0.05) is 25.7 Å². The Morgan fingerprint density at radius 1 is 1.16 bits per heavy atom. The molecule has 1 aliphatic rings. The standard InChI is InChI=1S/C15H26N4/c1-3-16-15-11-17-13(10-18-15)12-19(2)14-8-6-4-5-7-9-14/h10-11,14H,3-9,12H2,1-2H3,(H,16,18). The molecule has 0 saturated heterocycles. The number of aromatic nitrogens is 2. The van der Waals surface area contributed by atoms with E-state index in [2.05, 4.69) is 34.2 Å². The maximum atomic E-state index is 4.49. The minimum Gasteiger partial charge on any atom is -0.369 e. The molecule has 2 rings (SSSR count). The average Bonchev–Trinajstić information content (AvgIpc) is 2.70. The van der Waals surface area contributed by atoms with E-state index in [1.807, 2.05) is 12.4 Å². The molecule has 1 aromatic heterocycles. The predicted molar refractivity (Wildman–Crippen MR) is 79.2 cm³/mol. The van der Waals surface area contributed by atoms with Gasteiger partial charge in [0.2, 0.25) is 0 Å². The zero-order valence-corrected chi connectivity index (χ0v) is 12.2. The van der Waals surface area contributed by atoms with Crippen LogP contribution in [0, 0.1) is 0 Å². The molecule has 106 valence electrons. The van der Waals surface area contributed by atoms with E-state index in [-0.39, 0.29) is 0 Å². The number of hydrogen-bond donors (Lipinski definition) is 1. The third kappa shape index (κ3) is 4.46. The molecule has 1 fully saturated rings. The molecule has 4 nitrogen and oxygen atoms in total. The molecule has 1 heterocycles. The fourth-order valence-corrected chi connectivity index (χ4v) is 2.79. The molecule has 0 atom stereocenters. The van der Waals surface area contributed by atoms with Crippen molar-refractivity contribution in [1.82, 2.24) is 14.9 Å². The van der Waals surface area contributed by atoms with Crippen LogP contribution in [-0.4, -0.2) is 34.5 Å². The Balaban J connectivity index is 1.88. The molecule has 0 radical (unpaired) electrons. The lowest BCUT2D eigenvalue weighted by Crippen LogP contribution is -2.31. The molecule has 0 spiro atoms. The maximum absolute atomic E-state index is 4.49. The third-order valence-electron chi connectivity index (χ3n) is 3.92. The van der Waals surface area contributed by atoms with Gasteiger partial charge in [-0.15, -0.1) is 0 Å². The summed E-state index contributed by atoms with van der Waals surface area (Å²) in [5.74, 6) is 0.864. The molecule has 4 heteroatoms. The summed E-state index contributed by atoms with van der Waals surface area (Å²) in [6.45, 7) is 3.86. The summed E-state index contributed by atoms with van der Waals surface area (Å²) in [6, 6.07) is 0.720. The van der Waals surface area contributed by atoms with Crippen molar-refractivity contribution in [1.29, 1.82) is 0 Å². The highest BCUT2D eigenvalue weighted by molar-refractivity contribution is 5.30. The Morgan fingerprint density at radius 3 is 2.47 bits per heavy atom. The average molecular weight is 262 g/mol. The summed E-state index contributed by atoms with van der Waals surface area (Å²) >= 11 is 0.